The van der Waals surface area contributed by atoms with Crippen LogP contribution in [0.3, 0.4) is 0 Å². The highest BCUT2D eigenvalue weighted by Gasteiger charge is 2.17. The molecule has 0 bridgehead atoms. The van der Waals surface area contributed by atoms with Gasteiger partial charge in [0.1, 0.15) is 5.76 Å². The van der Waals surface area contributed by atoms with Crippen LogP contribution in [0.5, 0.6) is 0 Å². The van der Waals surface area contributed by atoms with Gasteiger partial charge >= 0.3 is 0 Å². The van der Waals surface area contributed by atoms with E-state index in [1.54, 1.807) is 22.6 Å². The van der Waals surface area contributed by atoms with Crippen molar-refractivity contribution in [1.29, 1.82) is 0 Å². The number of benzene rings is 1. The summed E-state index contributed by atoms with van der Waals surface area (Å²) in [5.41, 5.74) is 1.49. The number of para-hydroxylation sites is 1. The van der Waals surface area contributed by atoms with E-state index >= 15 is 0 Å². The predicted molar refractivity (Wildman–Crippen MR) is 102 cm³/mol. The van der Waals surface area contributed by atoms with E-state index in [9.17, 15) is 9.59 Å². The number of anilines is 1. The van der Waals surface area contributed by atoms with Crippen LogP contribution in [-0.4, -0.2) is 18.4 Å². The standard InChI is InChI=1S/C20H20N2O3S/c23-19(9-4-11-21-20(24)16-10-13-26-15-16)22(14-18-8-5-12-25-18)17-6-2-1-3-7-17/h1-3,5-8,10,12-13,15H,4,9,11,14H2,(H,21,24). The average Bonchev–Trinajstić information content (AvgIpc) is 3.37. The van der Waals surface area contributed by atoms with E-state index in [1.807, 2.05) is 47.8 Å². The first-order valence-corrected chi connectivity index (χ1v) is 9.36. The number of furan rings is 1. The Balaban J connectivity index is 1.54. The van der Waals surface area contributed by atoms with Crippen molar-refractivity contribution in [3.8, 4) is 0 Å². The SMILES string of the molecule is O=C(NCCCC(=O)N(Cc1ccco1)c1ccccc1)c1ccsc1. The zero-order chi connectivity index (χ0) is 18.2. The molecule has 0 saturated carbocycles. The zero-order valence-corrected chi connectivity index (χ0v) is 15.1. The van der Waals surface area contributed by atoms with E-state index in [0.29, 0.717) is 31.5 Å². The van der Waals surface area contributed by atoms with Gasteiger partial charge < -0.3 is 14.6 Å². The van der Waals surface area contributed by atoms with E-state index in [1.165, 1.54) is 11.3 Å². The molecule has 2 aromatic heterocycles. The third-order valence-corrected chi connectivity index (χ3v) is 4.58. The van der Waals surface area contributed by atoms with Crippen LogP contribution in [-0.2, 0) is 11.3 Å². The van der Waals surface area contributed by atoms with E-state index in [0.717, 1.165) is 11.4 Å². The molecule has 0 spiro atoms. The van der Waals surface area contributed by atoms with Crippen LogP contribution < -0.4 is 10.2 Å². The highest BCUT2D eigenvalue weighted by Crippen LogP contribution is 2.18. The Morgan fingerprint density at radius 1 is 1.08 bits per heavy atom. The van der Waals surface area contributed by atoms with Crippen LogP contribution in [0.1, 0.15) is 29.0 Å². The van der Waals surface area contributed by atoms with Gasteiger partial charge in [0.05, 0.1) is 12.8 Å². The van der Waals surface area contributed by atoms with Crippen LogP contribution in [0.2, 0.25) is 0 Å². The summed E-state index contributed by atoms with van der Waals surface area (Å²) in [7, 11) is 0. The van der Waals surface area contributed by atoms with Crippen LogP contribution in [0.25, 0.3) is 0 Å². The molecule has 0 aliphatic heterocycles. The molecule has 3 rings (SSSR count). The van der Waals surface area contributed by atoms with Gasteiger partial charge in [-0.25, -0.2) is 0 Å². The lowest BCUT2D eigenvalue weighted by Gasteiger charge is -2.22. The molecule has 3 aromatic rings. The molecular formula is C20H20N2O3S. The van der Waals surface area contributed by atoms with Gasteiger partial charge in [-0.3, -0.25) is 9.59 Å². The molecular weight excluding hydrogens is 348 g/mol. The van der Waals surface area contributed by atoms with Crippen molar-refractivity contribution in [3.63, 3.8) is 0 Å². The molecule has 1 aromatic carbocycles. The number of hydrogen-bond acceptors (Lipinski definition) is 4. The summed E-state index contributed by atoms with van der Waals surface area (Å²) < 4.78 is 5.38. The number of carbonyl (C=O) groups excluding carboxylic acids is 2. The van der Waals surface area contributed by atoms with Crippen molar-refractivity contribution in [3.05, 3.63) is 76.9 Å². The second-order valence-electron chi connectivity index (χ2n) is 5.77. The maximum Gasteiger partial charge on any atom is 0.252 e. The molecule has 134 valence electrons. The van der Waals surface area contributed by atoms with Gasteiger partial charge in [0.25, 0.3) is 5.91 Å². The molecule has 2 heterocycles. The largest absolute Gasteiger partial charge is 0.467 e. The van der Waals surface area contributed by atoms with Crippen LogP contribution in [0, 0.1) is 0 Å². The highest BCUT2D eigenvalue weighted by molar-refractivity contribution is 7.08. The van der Waals surface area contributed by atoms with E-state index < -0.39 is 0 Å². The maximum atomic E-state index is 12.7. The summed E-state index contributed by atoms with van der Waals surface area (Å²) in [4.78, 5) is 26.3. The summed E-state index contributed by atoms with van der Waals surface area (Å²) in [6, 6.07) is 15.0. The number of amides is 2. The van der Waals surface area contributed by atoms with Crippen molar-refractivity contribution in [1.82, 2.24) is 5.32 Å². The molecule has 2 amide bonds. The Bertz CT molecular complexity index is 814. The molecule has 0 atom stereocenters. The molecule has 0 saturated heterocycles. The molecule has 1 N–H and O–H groups in total. The summed E-state index contributed by atoms with van der Waals surface area (Å²) in [5, 5.41) is 6.52. The van der Waals surface area contributed by atoms with Crippen molar-refractivity contribution in [2.24, 2.45) is 0 Å². The van der Waals surface area contributed by atoms with Crippen LogP contribution >= 0.6 is 11.3 Å². The number of hydrogen-bond donors (Lipinski definition) is 1. The molecule has 6 heteroatoms. The Morgan fingerprint density at radius 2 is 1.92 bits per heavy atom. The lowest BCUT2D eigenvalue weighted by molar-refractivity contribution is -0.118. The third-order valence-electron chi connectivity index (χ3n) is 3.90. The Hall–Kier alpha value is -2.86. The van der Waals surface area contributed by atoms with E-state index in [-0.39, 0.29) is 11.8 Å². The van der Waals surface area contributed by atoms with Crippen LogP contribution in [0.15, 0.2) is 70.0 Å². The summed E-state index contributed by atoms with van der Waals surface area (Å²) in [5.74, 6) is 0.625. The number of nitrogens with one attached hydrogen (secondary N) is 1. The minimum atomic E-state index is -0.103. The second kappa shape index (κ2) is 9.01. The topological polar surface area (TPSA) is 62.6 Å². The first-order valence-electron chi connectivity index (χ1n) is 8.42. The number of thiophene rings is 1. The number of nitrogens with zero attached hydrogens (tertiary/aromatic N) is 1. The fourth-order valence-corrected chi connectivity index (χ4v) is 3.20. The van der Waals surface area contributed by atoms with E-state index in [2.05, 4.69) is 5.32 Å². The highest BCUT2D eigenvalue weighted by atomic mass is 32.1. The normalized spacial score (nSPS) is 10.5. The maximum absolute atomic E-state index is 12.7. The fourth-order valence-electron chi connectivity index (χ4n) is 2.56. The minimum Gasteiger partial charge on any atom is -0.467 e. The van der Waals surface area contributed by atoms with Crippen molar-refractivity contribution >= 4 is 28.8 Å². The number of rotatable bonds is 8. The average molecular weight is 368 g/mol. The summed E-state index contributed by atoms with van der Waals surface area (Å²) in [6.07, 6.45) is 2.53. The first kappa shape index (κ1) is 17.9. The van der Waals surface area contributed by atoms with Crippen molar-refractivity contribution in [2.45, 2.75) is 19.4 Å². The fraction of sp³-hybridized carbons (Fsp3) is 0.200. The van der Waals surface area contributed by atoms with Crippen LogP contribution in [0.4, 0.5) is 5.69 Å². The van der Waals surface area contributed by atoms with Gasteiger partial charge in [-0.2, -0.15) is 11.3 Å². The molecule has 0 aliphatic carbocycles. The molecule has 0 aliphatic rings. The minimum absolute atomic E-state index is 0.00242. The molecule has 26 heavy (non-hydrogen) atoms. The lowest BCUT2D eigenvalue weighted by Crippen LogP contribution is -2.31. The van der Waals surface area contributed by atoms with Gasteiger partial charge in [-0.05, 0) is 42.1 Å². The summed E-state index contributed by atoms with van der Waals surface area (Å²) in [6.45, 7) is 0.848. The quantitative estimate of drug-likeness (QED) is 0.609. The monoisotopic (exact) mass is 368 g/mol. The van der Waals surface area contributed by atoms with Gasteiger partial charge in [0.2, 0.25) is 5.91 Å². The second-order valence-corrected chi connectivity index (χ2v) is 6.55. The van der Waals surface area contributed by atoms with Gasteiger partial charge in [0.15, 0.2) is 0 Å². The summed E-state index contributed by atoms with van der Waals surface area (Å²) >= 11 is 1.48. The Labute approximate surface area is 156 Å². The smallest absolute Gasteiger partial charge is 0.252 e. The predicted octanol–water partition coefficient (Wildman–Crippen LogP) is 4.08. The Kier molecular flexibility index (Phi) is 6.22. The molecule has 0 unspecified atom stereocenters. The molecule has 0 radical (unpaired) electrons. The van der Waals surface area contributed by atoms with Gasteiger partial charge in [-0.15, -0.1) is 0 Å². The lowest BCUT2D eigenvalue weighted by atomic mass is 10.2. The van der Waals surface area contributed by atoms with E-state index in [4.69, 9.17) is 4.42 Å². The number of carbonyl (C=O) groups is 2. The molecule has 5 nitrogen and oxygen atoms in total. The molecule has 0 fully saturated rings. The van der Waals surface area contributed by atoms with Crippen molar-refractivity contribution < 1.29 is 14.0 Å². The third kappa shape index (κ3) is 4.83. The Morgan fingerprint density at radius 3 is 2.62 bits per heavy atom. The first-order chi connectivity index (χ1) is 12.7. The van der Waals surface area contributed by atoms with Gasteiger partial charge in [0, 0.05) is 29.6 Å². The van der Waals surface area contributed by atoms with Gasteiger partial charge in [-0.1, -0.05) is 18.2 Å². The zero-order valence-electron chi connectivity index (χ0n) is 14.3. The van der Waals surface area contributed by atoms with Crippen molar-refractivity contribution in [2.75, 3.05) is 11.4 Å².